The molecule has 1 aliphatic heterocycles. The number of rotatable bonds is 6. The van der Waals surface area contributed by atoms with Gasteiger partial charge < -0.3 is 24.4 Å². The van der Waals surface area contributed by atoms with Gasteiger partial charge in [0.15, 0.2) is 6.29 Å². The average molecular weight is 244 g/mol. The predicted octanol–water partition coefficient (Wildman–Crippen LogP) is 0.227. The Bertz CT molecular complexity index is 255. The molecule has 0 aromatic heterocycles. The van der Waals surface area contributed by atoms with E-state index in [1.165, 1.54) is 0 Å². The second-order valence-electron chi connectivity index (χ2n) is 3.90. The minimum absolute atomic E-state index is 0.250. The van der Waals surface area contributed by atoms with Crippen LogP contribution in [0.25, 0.3) is 0 Å². The summed E-state index contributed by atoms with van der Waals surface area (Å²) in [5.41, 5.74) is 0. The highest BCUT2D eigenvalue weighted by Gasteiger charge is 2.44. The molecule has 0 amide bonds. The summed E-state index contributed by atoms with van der Waals surface area (Å²) >= 11 is 0. The second-order valence-corrected chi connectivity index (χ2v) is 3.90. The quantitative estimate of drug-likeness (QED) is 0.654. The Morgan fingerprint density at radius 2 is 1.65 bits per heavy atom. The van der Waals surface area contributed by atoms with Crippen LogP contribution >= 0.6 is 0 Å². The highest BCUT2D eigenvalue weighted by atomic mass is 16.7. The molecule has 5 atom stereocenters. The van der Waals surface area contributed by atoms with Crippen molar-refractivity contribution in [1.82, 2.24) is 0 Å². The minimum atomic E-state index is -1.12. The van der Waals surface area contributed by atoms with Gasteiger partial charge in [-0.25, -0.2) is 0 Å². The summed E-state index contributed by atoms with van der Waals surface area (Å²) in [6.45, 7) is 9.25. The highest BCUT2D eigenvalue weighted by Crippen LogP contribution is 2.24. The van der Waals surface area contributed by atoms with Gasteiger partial charge in [-0.2, -0.15) is 0 Å². The minimum Gasteiger partial charge on any atom is -0.388 e. The Hall–Kier alpha value is -0.720. The number of aliphatic hydroxyl groups excluding tert-OH is 2. The van der Waals surface area contributed by atoms with Crippen molar-refractivity contribution >= 4 is 0 Å². The zero-order valence-corrected chi connectivity index (χ0v) is 9.99. The standard InChI is InChI=1S/C12H20O5/c1-4-6-15-10-9(13)8(3)17-12(14)11(10)16-7-5-2/h4-5,8-14H,1-2,6-7H2,3H3/t8-,9-,10+,11-,12+/m1/s1. The number of hydrogen-bond donors (Lipinski definition) is 2. The van der Waals surface area contributed by atoms with Crippen molar-refractivity contribution in [2.75, 3.05) is 13.2 Å². The van der Waals surface area contributed by atoms with Crippen LogP contribution in [0.1, 0.15) is 6.92 Å². The molecular weight excluding hydrogens is 224 g/mol. The van der Waals surface area contributed by atoms with E-state index in [1.54, 1.807) is 19.1 Å². The third kappa shape index (κ3) is 3.62. The van der Waals surface area contributed by atoms with E-state index in [2.05, 4.69) is 13.2 Å². The molecule has 5 heteroatoms. The molecule has 0 aliphatic carbocycles. The van der Waals surface area contributed by atoms with Gasteiger partial charge in [0.2, 0.25) is 0 Å². The van der Waals surface area contributed by atoms with Crippen molar-refractivity contribution < 1.29 is 24.4 Å². The van der Waals surface area contributed by atoms with Gasteiger partial charge in [0.1, 0.15) is 18.3 Å². The fourth-order valence-electron chi connectivity index (χ4n) is 1.73. The summed E-state index contributed by atoms with van der Waals surface area (Å²) in [4.78, 5) is 0. The van der Waals surface area contributed by atoms with Crippen molar-refractivity contribution in [2.45, 2.75) is 37.6 Å². The van der Waals surface area contributed by atoms with Crippen LogP contribution in [0.3, 0.4) is 0 Å². The predicted molar refractivity (Wildman–Crippen MR) is 62.4 cm³/mol. The fourth-order valence-corrected chi connectivity index (χ4v) is 1.73. The van der Waals surface area contributed by atoms with E-state index in [0.717, 1.165) is 0 Å². The van der Waals surface area contributed by atoms with E-state index in [-0.39, 0.29) is 13.2 Å². The van der Waals surface area contributed by atoms with Gasteiger partial charge in [0.25, 0.3) is 0 Å². The summed E-state index contributed by atoms with van der Waals surface area (Å²) in [6, 6.07) is 0. The van der Waals surface area contributed by atoms with Crippen molar-refractivity contribution in [1.29, 1.82) is 0 Å². The average Bonchev–Trinajstić information content (AvgIpc) is 2.30. The monoisotopic (exact) mass is 244 g/mol. The molecule has 0 spiro atoms. The molecule has 17 heavy (non-hydrogen) atoms. The molecule has 1 heterocycles. The zero-order valence-electron chi connectivity index (χ0n) is 9.99. The lowest BCUT2D eigenvalue weighted by Crippen LogP contribution is -2.58. The van der Waals surface area contributed by atoms with Crippen LogP contribution in [0.15, 0.2) is 25.3 Å². The molecule has 0 radical (unpaired) electrons. The molecule has 2 N–H and O–H groups in total. The number of hydrogen-bond acceptors (Lipinski definition) is 5. The molecule has 1 aliphatic rings. The van der Waals surface area contributed by atoms with E-state index in [9.17, 15) is 10.2 Å². The van der Waals surface area contributed by atoms with Gasteiger partial charge in [-0.05, 0) is 6.92 Å². The Balaban J connectivity index is 2.70. The molecule has 0 aromatic rings. The van der Waals surface area contributed by atoms with Gasteiger partial charge in [-0.3, -0.25) is 0 Å². The summed E-state index contributed by atoms with van der Waals surface area (Å²) in [7, 11) is 0. The third-order valence-electron chi connectivity index (χ3n) is 2.59. The smallest absolute Gasteiger partial charge is 0.184 e. The van der Waals surface area contributed by atoms with Crippen molar-refractivity contribution in [3.63, 3.8) is 0 Å². The maximum atomic E-state index is 9.95. The molecule has 0 bridgehead atoms. The molecule has 0 saturated carbocycles. The topological polar surface area (TPSA) is 68.2 Å². The largest absolute Gasteiger partial charge is 0.388 e. The first-order valence-electron chi connectivity index (χ1n) is 5.58. The van der Waals surface area contributed by atoms with E-state index >= 15 is 0 Å². The van der Waals surface area contributed by atoms with Crippen LogP contribution in [0.5, 0.6) is 0 Å². The summed E-state index contributed by atoms with van der Waals surface area (Å²) in [6.07, 6.45) is -0.739. The van der Waals surface area contributed by atoms with Crippen molar-refractivity contribution in [2.24, 2.45) is 0 Å². The molecule has 1 fully saturated rings. The molecule has 0 unspecified atom stereocenters. The SMILES string of the molecule is C=CCO[C@@H]1[C@@H](OCC=C)[C@H](O)[C@@H](C)O[C@@H]1O. The summed E-state index contributed by atoms with van der Waals surface area (Å²) < 4.78 is 15.9. The third-order valence-corrected chi connectivity index (χ3v) is 2.59. The molecule has 5 nitrogen and oxygen atoms in total. The van der Waals surface area contributed by atoms with E-state index in [4.69, 9.17) is 14.2 Å². The summed E-state index contributed by atoms with van der Waals surface area (Å²) in [5, 5.41) is 19.7. The van der Waals surface area contributed by atoms with Crippen LogP contribution in [-0.2, 0) is 14.2 Å². The summed E-state index contributed by atoms with van der Waals surface area (Å²) in [5.74, 6) is 0. The van der Waals surface area contributed by atoms with Crippen LogP contribution in [0.4, 0.5) is 0 Å². The molecular formula is C12H20O5. The van der Waals surface area contributed by atoms with Gasteiger partial charge in [-0.15, -0.1) is 13.2 Å². The Labute approximate surface area is 101 Å². The van der Waals surface area contributed by atoms with Gasteiger partial charge in [0.05, 0.1) is 19.3 Å². The number of ether oxygens (including phenoxy) is 3. The van der Waals surface area contributed by atoms with E-state index in [0.29, 0.717) is 0 Å². The van der Waals surface area contributed by atoms with Crippen molar-refractivity contribution in [3.05, 3.63) is 25.3 Å². The second kappa shape index (κ2) is 6.88. The maximum absolute atomic E-state index is 9.95. The lowest BCUT2D eigenvalue weighted by atomic mass is 9.99. The Morgan fingerprint density at radius 1 is 1.12 bits per heavy atom. The lowest BCUT2D eigenvalue weighted by molar-refractivity contribution is -0.292. The molecule has 0 aromatic carbocycles. The lowest BCUT2D eigenvalue weighted by Gasteiger charge is -2.41. The van der Waals surface area contributed by atoms with Gasteiger partial charge >= 0.3 is 0 Å². The van der Waals surface area contributed by atoms with Crippen LogP contribution in [0, 0.1) is 0 Å². The zero-order chi connectivity index (χ0) is 12.8. The highest BCUT2D eigenvalue weighted by molar-refractivity contribution is 4.90. The van der Waals surface area contributed by atoms with E-state index < -0.39 is 30.7 Å². The van der Waals surface area contributed by atoms with Gasteiger partial charge in [0, 0.05) is 0 Å². The number of aliphatic hydroxyl groups is 2. The molecule has 1 rings (SSSR count). The molecule has 98 valence electrons. The Morgan fingerprint density at radius 3 is 2.18 bits per heavy atom. The first-order chi connectivity index (χ1) is 8.11. The van der Waals surface area contributed by atoms with Crippen molar-refractivity contribution in [3.8, 4) is 0 Å². The first-order valence-corrected chi connectivity index (χ1v) is 5.58. The van der Waals surface area contributed by atoms with E-state index in [1.807, 2.05) is 0 Å². The normalized spacial score (nSPS) is 37.7. The maximum Gasteiger partial charge on any atom is 0.184 e. The van der Waals surface area contributed by atoms with Crippen LogP contribution < -0.4 is 0 Å². The van der Waals surface area contributed by atoms with Crippen LogP contribution in [-0.4, -0.2) is 54.1 Å². The fraction of sp³-hybridized carbons (Fsp3) is 0.667. The first kappa shape index (κ1) is 14.3. The Kier molecular flexibility index (Phi) is 5.80. The molecule has 1 saturated heterocycles. The van der Waals surface area contributed by atoms with Gasteiger partial charge in [-0.1, -0.05) is 12.2 Å². The van der Waals surface area contributed by atoms with Crippen LogP contribution in [0.2, 0.25) is 0 Å².